The van der Waals surface area contributed by atoms with Crippen LogP contribution in [0.5, 0.6) is 0 Å². The second-order valence-corrected chi connectivity index (χ2v) is 6.21. The Morgan fingerprint density at radius 2 is 2.11 bits per heavy atom. The third kappa shape index (κ3) is 1.21. The number of ketones is 1. The van der Waals surface area contributed by atoms with Crippen molar-refractivity contribution in [2.24, 2.45) is 17.3 Å². The van der Waals surface area contributed by atoms with Gasteiger partial charge in [0.2, 0.25) is 0 Å². The molecule has 4 rings (SSSR count). The van der Waals surface area contributed by atoms with Crippen LogP contribution in [0.4, 0.5) is 5.69 Å². The number of nitrogens with two attached hydrogens (primary N) is 1. The van der Waals surface area contributed by atoms with Crippen LogP contribution >= 0.6 is 0 Å². The molecule has 3 unspecified atom stereocenters. The van der Waals surface area contributed by atoms with Gasteiger partial charge in [0, 0.05) is 17.7 Å². The molecule has 18 heavy (non-hydrogen) atoms. The number of carbonyl (C=O) groups excluding carboxylic acids is 1. The first kappa shape index (κ1) is 10.4. The van der Waals surface area contributed by atoms with Gasteiger partial charge < -0.3 is 5.73 Å². The summed E-state index contributed by atoms with van der Waals surface area (Å²) in [5, 5.41) is 0. The van der Waals surface area contributed by atoms with Gasteiger partial charge in [-0.2, -0.15) is 0 Å². The lowest BCUT2D eigenvalue weighted by molar-refractivity contribution is 0.0849. The second kappa shape index (κ2) is 3.25. The van der Waals surface area contributed by atoms with Crippen molar-refractivity contribution in [3.8, 4) is 0 Å². The predicted molar refractivity (Wildman–Crippen MR) is 71.3 cm³/mol. The Morgan fingerprint density at radius 1 is 1.22 bits per heavy atom. The molecule has 1 aromatic rings. The molecule has 2 N–H and O–H groups in total. The molecule has 0 saturated heterocycles. The van der Waals surface area contributed by atoms with Gasteiger partial charge in [-0.1, -0.05) is 24.3 Å². The van der Waals surface area contributed by atoms with Crippen molar-refractivity contribution in [1.82, 2.24) is 0 Å². The SMILES string of the molecule is Nc1cccc2c1C(=O)CC1(C2)CC2C=CC1C2. The highest BCUT2D eigenvalue weighted by Gasteiger charge is 2.51. The number of carbonyl (C=O) groups is 1. The van der Waals surface area contributed by atoms with Crippen LogP contribution in [0.3, 0.4) is 0 Å². The van der Waals surface area contributed by atoms with E-state index in [0.717, 1.165) is 12.0 Å². The Hall–Kier alpha value is -1.57. The van der Waals surface area contributed by atoms with Gasteiger partial charge in [-0.05, 0) is 48.1 Å². The third-order valence-corrected chi connectivity index (χ3v) is 5.14. The Morgan fingerprint density at radius 3 is 2.83 bits per heavy atom. The number of rotatable bonds is 0. The molecule has 0 heterocycles. The summed E-state index contributed by atoms with van der Waals surface area (Å²) < 4.78 is 0. The zero-order valence-corrected chi connectivity index (χ0v) is 10.4. The smallest absolute Gasteiger partial charge is 0.165 e. The highest BCUT2D eigenvalue weighted by atomic mass is 16.1. The molecule has 2 heteroatoms. The average Bonchev–Trinajstić information content (AvgIpc) is 2.88. The predicted octanol–water partition coefficient (Wildman–Crippen LogP) is 2.98. The van der Waals surface area contributed by atoms with Crippen molar-refractivity contribution in [2.75, 3.05) is 5.73 Å². The molecule has 1 aromatic carbocycles. The monoisotopic (exact) mass is 239 g/mol. The van der Waals surface area contributed by atoms with Crippen LogP contribution in [-0.4, -0.2) is 5.78 Å². The molecule has 0 amide bonds. The van der Waals surface area contributed by atoms with E-state index in [1.807, 2.05) is 12.1 Å². The van der Waals surface area contributed by atoms with E-state index in [0.29, 0.717) is 23.9 Å². The number of allylic oxidation sites excluding steroid dienone is 2. The van der Waals surface area contributed by atoms with Crippen LogP contribution < -0.4 is 5.73 Å². The summed E-state index contributed by atoms with van der Waals surface area (Å²) in [5.41, 5.74) is 8.80. The maximum absolute atomic E-state index is 12.4. The average molecular weight is 239 g/mol. The summed E-state index contributed by atoms with van der Waals surface area (Å²) in [6.07, 6.45) is 8.86. The highest BCUT2D eigenvalue weighted by Crippen LogP contribution is 2.57. The van der Waals surface area contributed by atoms with E-state index in [1.165, 1.54) is 18.4 Å². The number of hydrogen-bond donors (Lipinski definition) is 1. The minimum atomic E-state index is 0.206. The van der Waals surface area contributed by atoms with Crippen molar-refractivity contribution in [1.29, 1.82) is 0 Å². The molecule has 3 aliphatic carbocycles. The van der Waals surface area contributed by atoms with E-state index in [2.05, 4.69) is 18.2 Å². The number of nitrogen functional groups attached to an aromatic ring is 1. The molecule has 0 aliphatic heterocycles. The van der Waals surface area contributed by atoms with Crippen molar-refractivity contribution >= 4 is 11.5 Å². The first-order chi connectivity index (χ1) is 8.68. The van der Waals surface area contributed by atoms with Crippen molar-refractivity contribution in [2.45, 2.75) is 25.7 Å². The van der Waals surface area contributed by atoms with Gasteiger partial charge in [0.25, 0.3) is 0 Å². The molecule has 1 saturated carbocycles. The summed E-state index contributed by atoms with van der Waals surface area (Å²) in [4.78, 5) is 12.4. The van der Waals surface area contributed by atoms with Gasteiger partial charge in [0.15, 0.2) is 5.78 Å². The lowest BCUT2D eigenvalue weighted by Crippen LogP contribution is -2.36. The zero-order valence-electron chi connectivity index (χ0n) is 10.4. The van der Waals surface area contributed by atoms with Crippen LogP contribution in [0.15, 0.2) is 30.4 Å². The number of fused-ring (bicyclic) bond motifs is 4. The Balaban J connectivity index is 1.81. The van der Waals surface area contributed by atoms with E-state index in [4.69, 9.17) is 5.73 Å². The normalized spacial score (nSPS) is 36.3. The fraction of sp³-hybridized carbons (Fsp3) is 0.438. The van der Waals surface area contributed by atoms with Crippen molar-refractivity contribution < 1.29 is 4.79 Å². The fourth-order valence-electron chi connectivity index (χ4n) is 4.42. The van der Waals surface area contributed by atoms with Gasteiger partial charge in [0.05, 0.1) is 0 Å². The molecule has 1 fully saturated rings. The molecule has 0 aromatic heterocycles. The molecular weight excluding hydrogens is 222 g/mol. The largest absolute Gasteiger partial charge is 0.398 e. The molecule has 0 radical (unpaired) electrons. The summed E-state index contributed by atoms with van der Waals surface area (Å²) in [7, 11) is 0. The van der Waals surface area contributed by atoms with Gasteiger partial charge in [-0.25, -0.2) is 0 Å². The molecular formula is C16H17NO. The summed E-state index contributed by atoms with van der Waals surface area (Å²) in [6, 6.07) is 5.90. The van der Waals surface area contributed by atoms with Crippen molar-refractivity contribution in [3.63, 3.8) is 0 Å². The summed E-state index contributed by atoms with van der Waals surface area (Å²) in [6.45, 7) is 0. The van der Waals surface area contributed by atoms with Gasteiger partial charge in [0.1, 0.15) is 0 Å². The lowest BCUT2D eigenvalue weighted by Gasteiger charge is -2.39. The van der Waals surface area contributed by atoms with Crippen LogP contribution in [0.25, 0.3) is 0 Å². The van der Waals surface area contributed by atoms with E-state index < -0.39 is 0 Å². The van der Waals surface area contributed by atoms with E-state index in [-0.39, 0.29) is 11.2 Å². The topological polar surface area (TPSA) is 43.1 Å². The van der Waals surface area contributed by atoms with Crippen molar-refractivity contribution in [3.05, 3.63) is 41.5 Å². The maximum atomic E-state index is 12.4. The quantitative estimate of drug-likeness (QED) is 0.558. The zero-order chi connectivity index (χ0) is 12.3. The Labute approximate surface area is 107 Å². The number of hydrogen-bond acceptors (Lipinski definition) is 2. The Bertz CT molecular complexity index is 574. The standard InChI is InChI=1S/C16H17NO/c17-13-3-1-2-11-8-16(9-14(18)15(11)13)7-10-4-5-12(16)6-10/h1-5,10,12H,6-9,17H2. The molecule has 2 bridgehead atoms. The first-order valence-electron chi connectivity index (χ1n) is 6.77. The van der Waals surface area contributed by atoms with Crippen LogP contribution in [0, 0.1) is 17.3 Å². The maximum Gasteiger partial charge on any atom is 0.165 e. The molecule has 2 nitrogen and oxygen atoms in total. The third-order valence-electron chi connectivity index (χ3n) is 5.14. The Kier molecular flexibility index (Phi) is 1.87. The van der Waals surface area contributed by atoms with Crippen LogP contribution in [-0.2, 0) is 6.42 Å². The second-order valence-electron chi connectivity index (χ2n) is 6.21. The van der Waals surface area contributed by atoms with E-state index in [1.54, 1.807) is 0 Å². The van der Waals surface area contributed by atoms with Crippen LogP contribution in [0.2, 0.25) is 0 Å². The molecule has 3 aliphatic rings. The highest BCUT2D eigenvalue weighted by molar-refractivity contribution is 6.03. The van der Waals surface area contributed by atoms with Crippen LogP contribution in [0.1, 0.15) is 35.2 Å². The molecule has 1 spiro atoms. The van der Waals surface area contributed by atoms with E-state index >= 15 is 0 Å². The summed E-state index contributed by atoms with van der Waals surface area (Å²) in [5.74, 6) is 1.58. The molecule has 92 valence electrons. The lowest BCUT2D eigenvalue weighted by atomic mass is 9.64. The minimum absolute atomic E-state index is 0.206. The van der Waals surface area contributed by atoms with Gasteiger partial charge in [-0.15, -0.1) is 0 Å². The van der Waals surface area contributed by atoms with Gasteiger partial charge >= 0.3 is 0 Å². The molecule has 3 atom stereocenters. The number of benzene rings is 1. The van der Waals surface area contributed by atoms with E-state index in [9.17, 15) is 4.79 Å². The number of anilines is 1. The first-order valence-corrected chi connectivity index (χ1v) is 6.77. The number of Topliss-reactive ketones (excluding diaryl/α,β-unsaturated/α-hetero) is 1. The fourth-order valence-corrected chi connectivity index (χ4v) is 4.42. The van der Waals surface area contributed by atoms with Gasteiger partial charge in [-0.3, -0.25) is 4.79 Å². The minimum Gasteiger partial charge on any atom is -0.398 e. The summed E-state index contributed by atoms with van der Waals surface area (Å²) >= 11 is 0.